The lowest BCUT2D eigenvalue weighted by Gasteiger charge is -2.40. The van der Waals surface area contributed by atoms with E-state index in [4.69, 9.17) is 4.74 Å². The number of methoxy groups -OCH3 is 1. The molecule has 3 aliphatic heterocycles. The molecule has 1 aromatic carbocycles. The van der Waals surface area contributed by atoms with E-state index in [1.54, 1.807) is 19.1 Å². The normalized spacial score (nSPS) is 26.4. The maximum absolute atomic E-state index is 13.3. The third-order valence-corrected chi connectivity index (χ3v) is 6.83. The van der Waals surface area contributed by atoms with Crippen molar-refractivity contribution in [3.63, 3.8) is 0 Å². The Bertz CT molecular complexity index is 708. The first-order valence-electron chi connectivity index (χ1n) is 9.92. The molecule has 28 heavy (non-hydrogen) atoms. The quantitative estimate of drug-likeness (QED) is 0.834. The van der Waals surface area contributed by atoms with Crippen molar-refractivity contribution < 1.29 is 14.3 Å². The highest BCUT2D eigenvalue weighted by Gasteiger charge is 2.46. The van der Waals surface area contributed by atoms with Crippen LogP contribution in [0.1, 0.15) is 37.3 Å². The summed E-state index contributed by atoms with van der Waals surface area (Å²) in [5.41, 5.74) is 1.38. The van der Waals surface area contributed by atoms with E-state index in [1.165, 1.54) is 6.42 Å². The van der Waals surface area contributed by atoms with Crippen molar-refractivity contribution in [2.75, 3.05) is 40.3 Å². The molecule has 0 aliphatic carbocycles. The zero-order valence-electron chi connectivity index (χ0n) is 16.6. The summed E-state index contributed by atoms with van der Waals surface area (Å²) in [6.45, 7) is 3.79. The van der Waals surface area contributed by atoms with Gasteiger partial charge in [-0.25, -0.2) is 0 Å². The van der Waals surface area contributed by atoms with Crippen LogP contribution in [0.5, 0.6) is 5.75 Å². The molecule has 2 amide bonds. The Balaban J connectivity index is 0.00000225. The van der Waals surface area contributed by atoms with Crippen LogP contribution in [0.2, 0.25) is 0 Å². The average Bonchev–Trinajstić information content (AvgIpc) is 3.27. The average molecular weight is 408 g/mol. The number of piperidine rings is 1. The van der Waals surface area contributed by atoms with Crippen molar-refractivity contribution in [3.8, 4) is 5.75 Å². The van der Waals surface area contributed by atoms with Gasteiger partial charge < -0.3 is 19.9 Å². The molecule has 0 radical (unpaired) electrons. The van der Waals surface area contributed by atoms with Crippen molar-refractivity contribution in [1.82, 2.24) is 15.1 Å². The first kappa shape index (κ1) is 20.9. The highest BCUT2D eigenvalue weighted by Crippen LogP contribution is 2.41. The molecule has 6 nitrogen and oxygen atoms in total. The summed E-state index contributed by atoms with van der Waals surface area (Å²) in [7, 11) is 3.44. The van der Waals surface area contributed by atoms with E-state index in [0.29, 0.717) is 11.8 Å². The van der Waals surface area contributed by atoms with Gasteiger partial charge in [-0.1, -0.05) is 12.1 Å². The van der Waals surface area contributed by atoms with Crippen molar-refractivity contribution in [2.24, 2.45) is 11.3 Å². The van der Waals surface area contributed by atoms with Gasteiger partial charge in [-0.15, -0.1) is 12.4 Å². The summed E-state index contributed by atoms with van der Waals surface area (Å²) < 4.78 is 5.23. The van der Waals surface area contributed by atoms with Gasteiger partial charge in [0.25, 0.3) is 0 Å². The largest absolute Gasteiger partial charge is 0.497 e. The molecule has 2 unspecified atom stereocenters. The Kier molecular flexibility index (Phi) is 6.20. The molecule has 3 aliphatic rings. The van der Waals surface area contributed by atoms with Gasteiger partial charge in [0.1, 0.15) is 5.75 Å². The fourth-order valence-electron chi connectivity index (χ4n) is 5.01. The molecule has 4 rings (SSSR count). The minimum absolute atomic E-state index is 0. The van der Waals surface area contributed by atoms with Crippen LogP contribution in [0.25, 0.3) is 0 Å². The summed E-state index contributed by atoms with van der Waals surface area (Å²) in [6.07, 6.45) is 3.65. The van der Waals surface area contributed by atoms with Crippen LogP contribution in [0.15, 0.2) is 24.3 Å². The van der Waals surface area contributed by atoms with Crippen molar-refractivity contribution in [2.45, 2.75) is 31.7 Å². The molecule has 3 fully saturated rings. The van der Waals surface area contributed by atoms with Crippen molar-refractivity contribution >= 4 is 24.2 Å². The monoisotopic (exact) mass is 407 g/mol. The Hall–Kier alpha value is -1.79. The molecule has 0 aromatic heterocycles. The lowest BCUT2D eigenvalue weighted by molar-refractivity contribution is -0.138. The summed E-state index contributed by atoms with van der Waals surface area (Å²) in [5.74, 6) is 0.656. The topological polar surface area (TPSA) is 61.9 Å². The number of carbonyl (C=O) groups is 2. The number of nitrogens with zero attached hydrogens (tertiary/aromatic N) is 2. The number of carbonyl (C=O) groups excluding carboxylic acids is 2. The standard InChI is InChI=1S/C21H29N3O3.ClH/c1-23-18(25)13-17(19(23)15-3-5-16(27-2)6-4-15)20(26)24-11-8-21(9-12-24)7-10-22-14-21;/h3-6,17,19,22H,7-14H2,1-2H3;1H. The van der Waals surface area contributed by atoms with Crippen LogP contribution in [-0.4, -0.2) is 62.0 Å². The van der Waals surface area contributed by atoms with Crippen molar-refractivity contribution in [3.05, 3.63) is 29.8 Å². The van der Waals surface area contributed by atoms with Gasteiger partial charge in [0, 0.05) is 33.1 Å². The lowest BCUT2D eigenvalue weighted by Crippen LogP contribution is -2.46. The number of hydrogen-bond donors (Lipinski definition) is 1. The molecule has 1 aromatic rings. The molecule has 154 valence electrons. The number of hydrogen-bond acceptors (Lipinski definition) is 4. The van der Waals surface area contributed by atoms with E-state index >= 15 is 0 Å². The molecule has 1 N–H and O–H groups in total. The molecule has 3 saturated heterocycles. The van der Waals surface area contributed by atoms with Gasteiger partial charge in [-0.2, -0.15) is 0 Å². The van der Waals surface area contributed by atoms with E-state index in [2.05, 4.69) is 5.32 Å². The van der Waals surface area contributed by atoms with Crippen molar-refractivity contribution in [1.29, 1.82) is 0 Å². The lowest BCUT2D eigenvalue weighted by atomic mass is 9.77. The molecule has 0 bridgehead atoms. The van der Waals surface area contributed by atoms with Crippen LogP contribution in [-0.2, 0) is 9.59 Å². The molecule has 1 spiro atoms. The highest BCUT2D eigenvalue weighted by atomic mass is 35.5. The van der Waals surface area contributed by atoms with E-state index in [9.17, 15) is 9.59 Å². The van der Waals surface area contributed by atoms with Crippen LogP contribution >= 0.6 is 12.4 Å². The Morgan fingerprint density at radius 3 is 2.43 bits per heavy atom. The zero-order chi connectivity index (χ0) is 19.0. The van der Waals surface area contributed by atoms with E-state index < -0.39 is 0 Å². The minimum atomic E-state index is -0.299. The number of benzene rings is 1. The number of amides is 2. The number of halogens is 1. The third-order valence-electron chi connectivity index (χ3n) is 6.83. The van der Waals surface area contributed by atoms with Crippen LogP contribution in [0, 0.1) is 11.3 Å². The van der Waals surface area contributed by atoms with Gasteiger partial charge in [0.2, 0.25) is 11.8 Å². The smallest absolute Gasteiger partial charge is 0.228 e. The fourth-order valence-corrected chi connectivity index (χ4v) is 5.01. The maximum Gasteiger partial charge on any atom is 0.228 e. The minimum Gasteiger partial charge on any atom is -0.497 e. The Labute approximate surface area is 173 Å². The number of likely N-dealkylation sites (tertiary alicyclic amines) is 2. The third kappa shape index (κ3) is 3.72. The summed E-state index contributed by atoms with van der Waals surface area (Å²) in [4.78, 5) is 29.4. The van der Waals surface area contributed by atoms with Crippen LogP contribution < -0.4 is 10.1 Å². The van der Waals surface area contributed by atoms with Crippen LogP contribution in [0.4, 0.5) is 0 Å². The highest BCUT2D eigenvalue weighted by molar-refractivity contribution is 5.90. The molecular formula is C21H30ClN3O3. The first-order valence-corrected chi connectivity index (χ1v) is 9.92. The van der Waals surface area contributed by atoms with Gasteiger partial charge in [0.15, 0.2) is 0 Å². The molecule has 2 atom stereocenters. The predicted octanol–water partition coefficient (Wildman–Crippen LogP) is 2.24. The summed E-state index contributed by atoms with van der Waals surface area (Å²) in [5, 5.41) is 3.47. The second kappa shape index (κ2) is 8.29. The second-order valence-electron chi connectivity index (χ2n) is 8.29. The summed E-state index contributed by atoms with van der Waals surface area (Å²) in [6, 6.07) is 7.53. The van der Waals surface area contributed by atoms with Gasteiger partial charge in [-0.05, 0) is 48.9 Å². The fraction of sp³-hybridized carbons (Fsp3) is 0.619. The summed E-state index contributed by atoms with van der Waals surface area (Å²) >= 11 is 0. The molecule has 7 heteroatoms. The predicted molar refractivity (Wildman–Crippen MR) is 110 cm³/mol. The van der Waals surface area contributed by atoms with E-state index in [1.807, 2.05) is 29.2 Å². The number of ether oxygens (including phenoxy) is 1. The Morgan fingerprint density at radius 2 is 1.86 bits per heavy atom. The molecule has 3 heterocycles. The van der Waals surface area contributed by atoms with Gasteiger partial charge in [-0.3, -0.25) is 9.59 Å². The zero-order valence-corrected chi connectivity index (χ0v) is 17.5. The maximum atomic E-state index is 13.3. The van der Waals surface area contributed by atoms with Gasteiger partial charge >= 0.3 is 0 Å². The number of nitrogens with one attached hydrogen (secondary N) is 1. The van der Waals surface area contributed by atoms with Gasteiger partial charge in [0.05, 0.1) is 19.1 Å². The SMILES string of the molecule is COc1ccc(C2C(C(=O)N3CCC4(CCNC4)CC3)CC(=O)N2C)cc1.Cl. The molecule has 0 saturated carbocycles. The van der Waals surface area contributed by atoms with E-state index in [0.717, 1.165) is 50.3 Å². The second-order valence-corrected chi connectivity index (χ2v) is 8.29. The first-order chi connectivity index (χ1) is 13.0. The van der Waals surface area contributed by atoms with Crippen LogP contribution in [0.3, 0.4) is 0 Å². The Morgan fingerprint density at radius 1 is 1.18 bits per heavy atom. The molecular weight excluding hydrogens is 378 g/mol. The van der Waals surface area contributed by atoms with E-state index in [-0.39, 0.29) is 36.2 Å². The number of rotatable bonds is 3.